The molecular formula is C17H18O. The molecule has 0 spiro atoms. The first-order chi connectivity index (χ1) is 8.92. The van der Waals surface area contributed by atoms with Gasteiger partial charge in [-0.2, -0.15) is 0 Å². The lowest BCUT2D eigenvalue weighted by Crippen LogP contribution is -1.93. The van der Waals surface area contributed by atoms with Crippen LogP contribution in [-0.4, -0.2) is 13.2 Å². The summed E-state index contributed by atoms with van der Waals surface area (Å²) < 4.78 is 5.43. The van der Waals surface area contributed by atoms with Crippen molar-refractivity contribution in [1.82, 2.24) is 0 Å². The van der Waals surface area contributed by atoms with Gasteiger partial charge in [-0.05, 0) is 23.6 Å². The lowest BCUT2D eigenvalue weighted by Gasteiger charge is -2.08. The molecule has 0 saturated carbocycles. The molecule has 2 rings (SSSR count). The molecule has 0 unspecified atom stereocenters. The molecule has 0 amide bonds. The van der Waals surface area contributed by atoms with Crippen LogP contribution in [0.2, 0.25) is 0 Å². The smallest absolute Gasteiger partial charge is 0.0656 e. The van der Waals surface area contributed by atoms with Crippen molar-refractivity contribution < 1.29 is 4.74 Å². The Morgan fingerprint density at radius 3 is 1.83 bits per heavy atom. The third-order valence-electron chi connectivity index (χ3n) is 2.78. The lowest BCUT2D eigenvalue weighted by atomic mass is 9.98. The number of rotatable bonds is 5. The van der Waals surface area contributed by atoms with Gasteiger partial charge in [0, 0.05) is 6.61 Å². The molecular weight excluding hydrogens is 220 g/mol. The maximum Gasteiger partial charge on any atom is 0.0656 e. The van der Waals surface area contributed by atoms with Crippen molar-refractivity contribution in [3.05, 3.63) is 77.9 Å². The van der Waals surface area contributed by atoms with E-state index in [1.54, 1.807) is 0 Å². The van der Waals surface area contributed by atoms with Crippen LogP contribution in [0.1, 0.15) is 18.1 Å². The largest absolute Gasteiger partial charge is 0.378 e. The number of ether oxygens (including phenoxy) is 1. The summed E-state index contributed by atoms with van der Waals surface area (Å²) in [6.45, 7) is 3.40. The maximum absolute atomic E-state index is 5.43. The van der Waals surface area contributed by atoms with E-state index in [4.69, 9.17) is 4.74 Å². The number of hydrogen-bond donors (Lipinski definition) is 0. The van der Waals surface area contributed by atoms with Crippen LogP contribution in [-0.2, 0) is 4.74 Å². The second-order valence-electron chi connectivity index (χ2n) is 4.01. The Morgan fingerprint density at radius 2 is 1.39 bits per heavy atom. The van der Waals surface area contributed by atoms with Crippen LogP contribution < -0.4 is 0 Å². The van der Waals surface area contributed by atoms with Crippen molar-refractivity contribution in [3.8, 4) is 0 Å². The van der Waals surface area contributed by atoms with Crippen molar-refractivity contribution in [3.63, 3.8) is 0 Å². The van der Waals surface area contributed by atoms with Crippen molar-refractivity contribution >= 4 is 5.57 Å². The molecule has 92 valence electrons. The first-order valence-electron chi connectivity index (χ1n) is 6.30. The van der Waals surface area contributed by atoms with Gasteiger partial charge in [0.05, 0.1) is 6.61 Å². The Labute approximate surface area is 109 Å². The van der Waals surface area contributed by atoms with Gasteiger partial charge in [-0.15, -0.1) is 0 Å². The Balaban J connectivity index is 2.33. The zero-order valence-electron chi connectivity index (χ0n) is 10.7. The van der Waals surface area contributed by atoms with Crippen molar-refractivity contribution in [1.29, 1.82) is 0 Å². The van der Waals surface area contributed by atoms with Gasteiger partial charge in [0.15, 0.2) is 0 Å². The van der Waals surface area contributed by atoms with E-state index in [0.29, 0.717) is 6.61 Å². The highest BCUT2D eigenvalue weighted by atomic mass is 16.5. The van der Waals surface area contributed by atoms with E-state index in [9.17, 15) is 0 Å². The Morgan fingerprint density at radius 1 is 0.889 bits per heavy atom. The third kappa shape index (κ3) is 3.31. The summed E-state index contributed by atoms with van der Waals surface area (Å²) in [4.78, 5) is 0. The minimum Gasteiger partial charge on any atom is -0.378 e. The normalized spacial score (nSPS) is 10.1. The first-order valence-corrected chi connectivity index (χ1v) is 6.30. The van der Waals surface area contributed by atoms with Crippen LogP contribution in [0.5, 0.6) is 0 Å². The Bertz CT molecular complexity index is 444. The van der Waals surface area contributed by atoms with Crippen LogP contribution >= 0.6 is 0 Å². The molecule has 0 radical (unpaired) electrons. The zero-order chi connectivity index (χ0) is 12.6. The van der Waals surface area contributed by atoms with Gasteiger partial charge in [-0.1, -0.05) is 66.7 Å². The van der Waals surface area contributed by atoms with Crippen LogP contribution in [0, 0.1) is 0 Å². The second kappa shape index (κ2) is 6.77. The summed E-state index contributed by atoms with van der Waals surface area (Å²) in [6, 6.07) is 20.8. The maximum atomic E-state index is 5.43. The summed E-state index contributed by atoms with van der Waals surface area (Å²) in [5.74, 6) is 0. The van der Waals surface area contributed by atoms with Crippen LogP contribution in [0.15, 0.2) is 66.7 Å². The fourth-order valence-corrected chi connectivity index (χ4v) is 1.90. The Kier molecular flexibility index (Phi) is 4.74. The van der Waals surface area contributed by atoms with Gasteiger partial charge < -0.3 is 4.74 Å². The second-order valence-corrected chi connectivity index (χ2v) is 4.01. The fraction of sp³-hybridized carbons (Fsp3) is 0.176. The van der Waals surface area contributed by atoms with Crippen LogP contribution in [0.3, 0.4) is 0 Å². The van der Waals surface area contributed by atoms with E-state index in [0.717, 1.165) is 6.61 Å². The van der Waals surface area contributed by atoms with Gasteiger partial charge in [0.2, 0.25) is 0 Å². The summed E-state index contributed by atoms with van der Waals surface area (Å²) in [5, 5.41) is 0. The molecule has 0 aliphatic rings. The van der Waals surface area contributed by atoms with E-state index in [2.05, 4.69) is 54.6 Å². The predicted molar refractivity (Wildman–Crippen MR) is 76.5 cm³/mol. The average molecular weight is 238 g/mol. The summed E-state index contributed by atoms with van der Waals surface area (Å²) in [7, 11) is 0. The number of benzene rings is 2. The van der Waals surface area contributed by atoms with Gasteiger partial charge in [-0.25, -0.2) is 0 Å². The van der Waals surface area contributed by atoms with E-state index < -0.39 is 0 Å². The van der Waals surface area contributed by atoms with E-state index in [1.165, 1.54) is 16.7 Å². The fourth-order valence-electron chi connectivity index (χ4n) is 1.90. The summed E-state index contributed by atoms with van der Waals surface area (Å²) in [6.07, 6.45) is 2.15. The average Bonchev–Trinajstić information content (AvgIpc) is 2.46. The first kappa shape index (κ1) is 12.6. The SMILES string of the molecule is CCOCC=C(c1ccccc1)c1ccccc1. The summed E-state index contributed by atoms with van der Waals surface area (Å²) in [5.41, 5.74) is 3.68. The summed E-state index contributed by atoms with van der Waals surface area (Å²) >= 11 is 0. The molecule has 0 aliphatic heterocycles. The highest BCUT2D eigenvalue weighted by Gasteiger charge is 2.03. The molecule has 2 aromatic carbocycles. The monoisotopic (exact) mass is 238 g/mol. The van der Waals surface area contributed by atoms with Crippen LogP contribution in [0.25, 0.3) is 5.57 Å². The van der Waals surface area contributed by atoms with Gasteiger partial charge in [0.1, 0.15) is 0 Å². The van der Waals surface area contributed by atoms with Crippen molar-refractivity contribution in [2.24, 2.45) is 0 Å². The lowest BCUT2D eigenvalue weighted by molar-refractivity contribution is 0.178. The molecule has 1 nitrogen and oxygen atoms in total. The van der Waals surface area contributed by atoms with E-state index >= 15 is 0 Å². The molecule has 0 bridgehead atoms. The van der Waals surface area contributed by atoms with Gasteiger partial charge in [-0.3, -0.25) is 0 Å². The molecule has 1 heteroatoms. The molecule has 18 heavy (non-hydrogen) atoms. The molecule has 0 heterocycles. The van der Waals surface area contributed by atoms with Crippen molar-refractivity contribution in [2.45, 2.75) is 6.92 Å². The quantitative estimate of drug-likeness (QED) is 0.711. The zero-order valence-corrected chi connectivity index (χ0v) is 10.7. The molecule has 0 aromatic heterocycles. The molecule has 0 atom stereocenters. The molecule has 0 aliphatic carbocycles. The van der Waals surface area contributed by atoms with E-state index in [1.807, 2.05) is 19.1 Å². The molecule has 2 aromatic rings. The highest BCUT2D eigenvalue weighted by molar-refractivity contribution is 5.79. The molecule has 0 fully saturated rings. The van der Waals surface area contributed by atoms with Gasteiger partial charge >= 0.3 is 0 Å². The molecule has 0 N–H and O–H groups in total. The minimum absolute atomic E-state index is 0.648. The Hall–Kier alpha value is -1.86. The van der Waals surface area contributed by atoms with Gasteiger partial charge in [0.25, 0.3) is 0 Å². The standard InChI is InChI=1S/C17H18O/c1-2-18-14-13-17(15-9-5-3-6-10-15)16-11-7-4-8-12-16/h3-13H,2,14H2,1H3. The third-order valence-corrected chi connectivity index (χ3v) is 2.78. The number of hydrogen-bond acceptors (Lipinski definition) is 1. The molecule has 0 saturated heterocycles. The van der Waals surface area contributed by atoms with Crippen LogP contribution in [0.4, 0.5) is 0 Å². The topological polar surface area (TPSA) is 9.23 Å². The minimum atomic E-state index is 0.648. The van der Waals surface area contributed by atoms with Crippen molar-refractivity contribution in [2.75, 3.05) is 13.2 Å². The predicted octanol–water partition coefficient (Wildman–Crippen LogP) is 4.15. The highest BCUT2D eigenvalue weighted by Crippen LogP contribution is 2.22. The van der Waals surface area contributed by atoms with E-state index in [-0.39, 0.29) is 0 Å².